The van der Waals surface area contributed by atoms with Crippen molar-refractivity contribution in [2.45, 2.75) is 51.2 Å². The summed E-state index contributed by atoms with van der Waals surface area (Å²) in [6.45, 7) is 4.23. The number of rotatable bonds is 6. The summed E-state index contributed by atoms with van der Waals surface area (Å²) >= 11 is 0. The van der Waals surface area contributed by atoms with Gasteiger partial charge in [0.05, 0.1) is 6.10 Å². The molecule has 1 aliphatic rings. The maximum absolute atomic E-state index is 5.95. The van der Waals surface area contributed by atoms with Crippen LogP contribution in [-0.4, -0.2) is 25.3 Å². The van der Waals surface area contributed by atoms with E-state index in [1.54, 1.807) is 0 Å². The minimum absolute atomic E-state index is 0.394. The van der Waals surface area contributed by atoms with Crippen LogP contribution in [0.1, 0.15) is 38.2 Å². The van der Waals surface area contributed by atoms with Gasteiger partial charge in [0.25, 0.3) is 0 Å². The molecule has 0 aliphatic carbocycles. The predicted octanol–water partition coefficient (Wildman–Crippen LogP) is 3.17. The maximum Gasteiger partial charge on any atom is 0.0731 e. The largest absolute Gasteiger partial charge is 0.377 e. The van der Waals surface area contributed by atoms with Gasteiger partial charge in [-0.05, 0) is 44.2 Å². The van der Waals surface area contributed by atoms with Gasteiger partial charge in [-0.15, -0.1) is 0 Å². The highest BCUT2D eigenvalue weighted by atomic mass is 16.5. The van der Waals surface area contributed by atoms with Crippen molar-refractivity contribution < 1.29 is 4.74 Å². The van der Waals surface area contributed by atoms with E-state index in [9.17, 15) is 0 Å². The summed E-state index contributed by atoms with van der Waals surface area (Å²) in [4.78, 5) is 0. The SMILES string of the molecule is CCCNC(Cc1ccccc1)C1CCCCO1. The summed E-state index contributed by atoms with van der Waals surface area (Å²) < 4.78 is 5.95. The Bertz CT molecular complexity index is 319. The lowest BCUT2D eigenvalue weighted by atomic mass is 9.96. The van der Waals surface area contributed by atoms with Crippen LogP contribution in [0.15, 0.2) is 30.3 Å². The summed E-state index contributed by atoms with van der Waals surface area (Å²) in [6, 6.07) is 11.2. The highest BCUT2D eigenvalue weighted by Crippen LogP contribution is 2.18. The standard InChI is InChI=1S/C16H25NO/c1-2-11-17-15(16-10-6-7-12-18-16)13-14-8-4-3-5-9-14/h3-5,8-9,15-17H,2,6-7,10-13H2,1H3. The molecule has 2 unspecified atom stereocenters. The second kappa shape index (κ2) is 7.55. The van der Waals surface area contributed by atoms with Gasteiger partial charge in [-0.2, -0.15) is 0 Å². The van der Waals surface area contributed by atoms with E-state index in [2.05, 4.69) is 42.6 Å². The molecule has 2 rings (SSSR count). The van der Waals surface area contributed by atoms with Crippen LogP contribution in [0.4, 0.5) is 0 Å². The van der Waals surface area contributed by atoms with E-state index in [4.69, 9.17) is 4.74 Å². The molecule has 18 heavy (non-hydrogen) atoms. The van der Waals surface area contributed by atoms with Crippen molar-refractivity contribution in [1.82, 2.24) is 5.32 Å². The Balaban J connectivity index is 1.95. The summed E-state index contributed by atoms with van der Waals surface area (Å²) in [5, 5.41) is 3.66. The van der Waals surface area contributed by atoms with Gasteiger partial charge in [-0.25, -0.2) is 0 Å². The van der Waals surface area contributed by atoms with Gasteiger partial charge in [-0.1, -0.05) is 37.3 Å². The van der Waals surface area contributed by atoms with Gasteiger partial charge in [-0.3, -0.25) is 0 Å². The summed E-state index contributed by atoms with van der Waals surface area (Å²) in [5.41, 5.74) is 1.40. The fourth-order valence-electron chi connectivity index (χ4n) is 2.62. The van der Waals surface area contributed by atoms with E-state index >= 15 is 0 Å². The first-order chi connectivity index (χ1) is 8.90. The molecule has 1 N–H and O–H groups in total. The summed E-state index contributed by atoms with van der Waals surface area (Å²) in [7, 11) is 0. The summed E-state index contributed by atoms with van der Waals surface area (Å²) in [6.07, 6.45) is 6.38. The first kappa shape index (κ1) is 13.6. The van der Waals surface area contributed by atoms with Crippen LogP contribution < -0.4 is 5.32 Å². The zero-order chi connectivity index (χ0) is 12.6. The minimum Gasteiger partial charge on any atom is -0.377 e. The van der Waals surface area contributed by atoms with Crippen LogP contribution in [0.5, 0.6) is 0 Å². The predicted molar refractivity (Wildman–Crippen MR) is 75.8 cm³/mol. The smallest absolute Gasteiger partial charge is 0.0731 e. The van der Waals surface area contributed by atoms with E-state index < -0.39 is 0 Å². The molecule has 1 fully saturated rings. The molecule has 0 spiro atoms. The number of benzene rings is 1. The van der Waals surface area contributed by atoms with Crippen molar-refractivity contribution in [3.63, 3.8) is 0 Å². The molecule has 1 aromatic rings. The molecule has 1 aliphatic heterocycles. The van der Waals surface area contributed by atoms with Crippen molar-refractivity contribution >= 4 is 0 Å². The molecule has 0 aromatic heterocycles. The van der Waals surface area contributed by atoms with Crippen LogP contribution in [0, 0.1) is 0 Å². The van der Waals surface area contributed by atoms with Crippen LogP contribution in [0.2, 0.25) is 0 Å². The number of ether oxygens (including phenoxy) is 1. The first-order valence-electron chi connectivity index (χ1n) is 7.29. The molecule has 0 amide bonds. The number of hydrogen-bond acceptors (Lipinski definition) is 2. The Morgan fingerprint density at radius 2 is 2.11 bits per heavy atom. The Kier molecular flexibility index (Phi) is 5.69. The number of hydrogen-bond donors (Lipinski definition) is 1. The van der Waals surface area contributed by atoms with Crippen molar-refractivity contribution in [3.8, 4) is 0 Å². The molecule has 1 heterocycles. The molecule has 1 aromatic carbocycles. The van der Waals surface area contributed by atoms with Crippen molar-refractivity contribution in [3.05, 3.63) is 35.9 Å². The lowest BCUT2D eigenvalue weighted by Gasteiger charge is -2.31. The van der Waals surface area contributed by atoms with Gasteiger partial charge in [0, 0.05) is 12.6 Å². The first-order valence-corrected chi connectivity index (χ1v) is 7.29. The van der Waals surface area contributed by atoms with Crippen LogP contribution in [0.3, 0.4) is 0 Å². The van der Waals surface area contributed by atoms with Crippen LogP contribution >= 0.6 is 0 Å². The van der Waals surface area contributed by atoms with E-state index in [0.29, 0.717) is 12.1 Å². The molecular formula is C16H25NO. The molecule has 0 radical (unpaired) electrons. The van der Waals surface area contributed by atoms with Crippen LogP contribution in [0.25, 0.3) is 0 Å². The molecule has 0 bridgehead atoms. The zero-order valence-corrected chi connectivity index (χ0v) is 11.4. The van der Waals surface area contributed by atoms with Gasteiger partial charge < -0.3 is 10.1 Å². The average Bonchev–Trinajstić information content (AvgIpc) is 2.45. The molecular weight excluding hydrogens is 222 g/mol. The van der Waals surface area contributed by atoms with Crippen molar-refractivity contribution in [2.24, 2.45) is 0 Å². The van der Waals surface area contributed by atoms with Crippen molar-refractivity contribution in [1.29, 1.82) is 0 Å². The van der Waals surface area contributed by atoms with Crippen molar-refractivity contribution in [2.75, 3.05) is 13.2 Å². The number of nitrogens with one attached hydrogen (secondary N) is 1. The highest BCUT2D eigenvalue weighted by molar-refractivity contribution is 5.16. The molecule has 0 saturated carbocycles. The minimum atomic E-state index is 0.394. The third-order valence-corrected chi connectivity index (χ3v) is 3.62. The molecule has 2 atom stereocenters. The second-order valence-corrected chi connectivity index (χ2v) is 5.16. The lowest BCUT2D eigenvalue weighted by Crippen LogP contribution is -2.44. The molecule has 1 saturated heterocycles. The Hall–Kier alpha value is -0.860. The van der Waals surface area contributed by atoms with Gasteiger partial charge in [0.15, 0.2) is 0 Å². The molecule has 100 valence electrons. The highest BCUT2D eigenvalue weighted by Gasteiger charge is 2.23. The molecule has 2 nitrogen and oxygen atoms in total. The molecule has 2 heteroatoms. The fraction of sp³-hybridized carbons (Fsp3) is 0.625. The second-order valence-electron chi connectivity index (χ2n) is 5.16. The monoisotopic (exact) mass is 247 g/mol. The van der Waals surface area contributed by atoms with E-state index in [0.717, 1.165) is 19.6 Å². The Labute approximate surface area is 111 Å². The summed E-state index contributed by atoms with van der Waals surface area (Å²) in [5.74, 6) is 0. The van der Waals surface area contributed by atoms with E-state index in [1.807, 2.05) is 0 Å². The maximum atomic E-state index is 5.95. The fourth-order valence-corrected chi connectivity index (χ4v) is 2.62. The van der Waals surface area contributed by atoms with Gasteiger partial charge >= 0.3 is 0 Å². The lowest BCUT2D eigenvalue weighted by molar-refractivity contribution is -0.00737. The van der Waals surface area contributed by atoms with E-state index in [-0.39, 0.29) is 0 Å². The third-order valence-electron chi connectivity index (χ3n) is 3.62. The van der Waals surface area contributed by atoms with E-state index in [1.165, 1.54) is 31.2 Å². The topological polar surface area (TPSA) is 21.3 Å². The third kappa shape index (κ3) is 4.11. The Morgan fingerprint density at radius 3 is 2.78 bits per heavy atom. The quantitative estimate of drug-likeness (QED) is 0.833. The average molecular weight is 247 g/mol. The van der Waals surface area contributed by atoms with Gasteiger partial charge in [0.1, 0.15) is 0 Å². The Morgan fingerprint density at radius 1 is 1.28 bits per heavy atom. The van der Waals surface area contributed by atoms with Gasteiger partial charge in [0.2, 0.25) is 0 Å². The normalized spacial score (nSPS) is 21.7. The zero-order valence-electron chi connectivity index (χ0n) is 11.4. The van der Waals surface area contributed by atoms with Crippen LogP contribution in [-0.2, 0) is 11.2 Å².